The van der Waals surface area contributed by atoms with Gasteiger partial charge in [0.05, 0.1) is 0 Å². The smallest absolute Gasteiger partial charge is 0.143 e. The molecule has 0 atom stereocenters. The molecule has 0 aliphatic heterocycles. The van der Waals surface area contributed by atoms with Crippen molar-refractivity contribution in [2.45, 2.75) is 0 Å². The molecule has 0 bridgehead atoms. The van der Waals surface area contributed by atoms with Crippen LogP contribution in [0.3, 0.4) is 0 Å². The van der Waals surface area contributed by atoms with Crippen molar-refractivity contribution in [3.05, 3.63) is 394 Å². The maximum Gasteiger partial charge on any atom is 0.143 e. The number of nitrogens with zero attached hydrogens (tertiary/aromatic N) is 3. The summed E-state index contributed by atoms with van der Waals surface area (Å²) in [7, 11) is 0. The van der Waals surface area contributed by atoms with Crippen molar-refractivity contribution in [3.63, 3.8) is 0 Å². The van der Waals surface area contributed by atoms with Crippen molar-refractivity contribution in [2.75, 3.05) is 14.7 Å². The van der Waals surface area contributed by atoms with Gasteiger partial charge in [-0.15, -0.1) is 0 Å². The van der Waals surface area contributed by atoms with Crippen LogP contribution in [0, 0.1) is 0 Å². The molecular weight excluding hydrogens is 1330 g/mol. The number of fused-ring (bicyclic) bond motifs is 12. The maximum absolute atomic E-state index is 6.51. The normalized spacial score (nSPS) is 11.7. The van der Waals surface area contributed by atoms with E-state index in [-0.39, 0.29) is 0 Å². The first kappa shape index (κ1) is 62.9. The van der Waals surface area contributed by atoms with E-state index >= 15 is 0 Å². The lowest BCUT2D eigenvalue weighted by molar-refractivity contribution is 0.668. The van der Waals surface area contributed by atoms with E-state index in [0.717, 1.165) is 206 Å². The highest BCUT2D eigenvalue weighted by molar-refractivity contribution is 6.12. The van der Waals surface area contributed by atoms with Crippen LogP contribution in [-0.2, 0) is 0 Å². The number of rotatable bonds is 15. The average molecular weight is 1400 g/mol. The summed E-state index contributed by atoms with van der Waals surface area (Å²) >= 11 is 0. The van der Waals surface area contributed by atoms with Crippen molar-refractivity contribution in [3.8, 4) is 66.8 Å². The van der Waals surface area contributed by atoms with Crippen molar-refractivity contribution < 1.29 is 17.7 Å². The third-order valence-corrected chi connectivity index (χ3v) is 21.5. The van der Waals surface area contributed by atoms with Gasteiger partial charge in [-0.2, -0.15) is 0 Å². The minimum absolute atomic E-state index is 0.885. The Morgan fingerprint density at radius 3 is 0.670 bits per heavy atom. The van der Waals surface area contributed by atoms with E-state index in [9.17, 15) is 0 Å². The fourth-order valence-electron chi connectivity index (χ4n) is 16.1. The quantitative estimate of drug-likeness (QED) is 0.101. The molecule has 0 saturated carbocycles. The predicted octanol–water partition coefficient (Wildman–Crippen LogP) is 29.7. The van der Waals surface area contributed by atoms with Crippen molar-refractivity contribution in [1.29, 1.82) is 0 Å². The molecule has 4 aromatic heterocycles. The minimum atomic E-state index is 0.885. The third kappa shape index (κ3) is 11.2. The number of hydrogen-bond donors (Lipinski definition) is 0. The minimum Gasteiger partial charge on any atom is -0.456 e. The van der Waals surface area contributed by atoms with Crippen LogP contribution in [0.1, 0.15) is 0 Å². The molecule has 7 nitrogen and oxygen atoms in total. The molecule has 4 heterocycles. The number of anilines is 9. The van der Waals surface area contributed by atoms with E-state index < -0.39 is 0 Å². The molecule has 0 aliphatic carbocycles. The molecule has 7 heteroatoms. The Hall–Kier alpha value is -14.7. The van der Waals surface area contributed by atoms with E-state index in [1.54, 1.807) is 0 Å². The number of benzene rings is 17. The largest absolute Gasteiger partial charge is 0.456 e. The summed E-state index contributed by atoms with van der Waals surface area (Å²) in [6, 6.07) is 141. The summed E-state index contributed by atoms with van der Waals surface area (Å²) in [6.45, 7) is 0. The van der Waals surface area contributed by atoms with Gasteiger partial charge < -0.3 is 32.4 Å². The predicted molar refractivity (Wildman–Crippen MR) is 452 cm³/mol. The summed E-state index contributed by atoms with van der Waals surface area (Å²) in [5.74, 6) is 0. The van der Waals surface area contributed by atoms with Crippen molar-refractivity contribution >= 4 is 139 Å². The van der Waals surface area contributed by atoms with Crippen molar-refractivity contribution in [2.24, 2.45) is 0 Å². The Kier molecular flexibility index (Phi) is 15.1. The molecule has 21 rings (SSSR count). The second kappa shape index (κ2) is 26.2. The lowest BCUT2D eigenvalue weighted by Crippen LogP contribution is -2.10. The summed E-state index contributed by atoms with van der Waals surface area (Å²) < 4.78 is 25.4. The van der Waals surface area contributed by atoms with Gasteiger partial charge in [-0.05, 0) is 213 Å². The van der Waals surface area contributed by atoms with Gasteiger partial charge in [0.15, 0.2) is 0 Å². The van der Waals surface area contributed by atoms with Crippen LogP contribution in [0.15, 0.2) is 412 Å². The molecule has 0 aliphatic rings. The average Bonchev–Trinajstić information content (AvgIpc) is 1.67. The van der Waals surface area contributed by atoms with Gasteiger partial charge in [-0.1, -0.05) is 237 Å². The zero-order chi connectivity index (χ0) is 71.9. The van der Waals surface area contributed by atoms with Gasteiger partial charge in [-0.3, -0.25) is 0 Å². The van der Waals surface area contributed by atoms with Gasteiger partial charge in [0.25, 0.3) is 0 Å². The van der Waals surface area contributed by atoms with E-state index in [1.807, 2.05) is 48.5 Å². The molecule has 17 aromatic carbocycles. The third-order valence-electron chi connectivity index (χ3n) is 21.5. The van der Waals surface area contributed by atoms with E-state index in [4.69, 9.17) is 17.7 Å². The zero-order valence-corrected chi connectivity index (χ0v) is 59.0. The Bertz CT molecular complexity index is 6570. The molecule has 21 aromatic rings. The highest BCUT2D eigenvalue weighted by Crippen LogP contribution is 2.46. The van der Waals surface area contributed by atoms with Crippen LogP contribution in [0.25, 0.3) is 155 Å². The molecule has 0 spiro atoms. The summed E-state index contributed by atoms with van der Waals surface area (Å²) in [5.41, 5.74) is 29.8. The van der Waals surface area contributed by atoms with Gasteiger partial charge in [0, 0.05) is 105 Å². The second-order valence-electron chi connectivity index (χ2n) is 27.9. The maximum atomic E-state index is 6.51. The molecule has 0 fully saturated rings. The fourth-order valence-corrected chi connectivity index (χ4v) is 16.1. The highest BCUT2D eigenvalue weighted by Gasteiger charge is 2.22. The molecule has 512 valence electrons. The number of para-hydroxylation sites is 7. The monoisotopic (exact) mass is 1400 g/mol. The van der Waals surface area contributed by atoms with E-state index in [2.05, 4.69) is 360 Å². The first-order chi connectivity index (χ1) is 54.0. The molecule has 0 saturated heterocycles. The Balaban J connectivity index is 0.568. The highest BCUT2D eigenvalue weighted by atomic mass is 16.3. The first-order valence-electron chi connectivity index (χ1n) is 36.9. The van der Waals surface area contributed by atoms with Crippen molar-refractivity contribution in [1.82, 2.24) is 0 Å². The molecule has 0 amide bonds. The molecule has 0 radical (unpaired) electrons. The standard InChI is InChI=1S/C102H65N3O4/c1-2-14-76(15-3-1)103(77-46-28-66(29-47-77)68-32-50-79(51-33-68)104(81-54-36-70(37-55-81)74-44-62-99-93(64-74)89-18-6-8-24-95(89)106-99)83-58-40-72(41-59-83)85-20-12-22-91-87-16-4-10-26-97(87)108-101(85)91)78-48-30-67(31-49-78)69-34-52-80(53-35-69)105(82-56-38-71(39-57-82)75-45-63-100-94(65-75)90-19-7-9-25-96(90)107-100)84-60-42-73(43-61-84)86-21-13-23-92-88-17-5-11-27-98(88)109-102(86)92/h1-65H. The van der Waals surface area contributed by atoms with Crippen LogP contribution in [0.2, 0.25) is 0 Å². The van der Waals surface area contributed by atoms with Crippen LogP contribution in [-0.4, -0.2) is 0 Å². The lowest BCUT2D eigenvalue weighted by Gasteiger charge is -2.27. The summed E-state index contributed by atoms with van der Waals surface area (Å²) in [6.07, 6.45) is 0. The summed E-state index contributed by atoms with van der Waals surface area (Å²) in [5, 5.41) is 8.91. The molecule has 0 N–H and O–H groups in total. The molecule has 0 unspecified atom stereocenters. The summed E-state index contributed by atoms with van der Waals surface area (Å²) in [4.78, 5) is 6.99. The van der Waals surface area contributed by atoms with Gasteiger partial charge in [0.1, 0.15) is 44.7 Å². The number of furan rings is 4. The fraction of sp³-hybridized carbons (Fsp3) is 0. The molecule has 109 heavy (non-hydrogen) atoms. The first-order valence-corrected chi connectivity index (χ1v) is 36.9. The topological polar surface area (TPSA) is 62.3 Å². The Morgan fingerprint density at radius 2 is 0.358 bits per heavy atom. The van der Waals surface area contributed by atoms with Crippen LogP contribution < -0.4 is 14.7 Å². The van der Waals surface area contributed by atoms with Gasteiger partial charge in [-0.25, -0.2) is 0 Å². The van der Waals surface area contributed by atoms with Crippen LogP contribution in [0.4, 0.5) is 51.2 Å². The van der Waals surface area contributed by atoms with E-state index in [0.29, 0.717) is 0 Å². The molecular formula is C102H65N3O4. The van der Waals surface area contributed by atoms with Crippen LogP contribution >= 0.6 is 0 Å². The van der Waals surface area contributed by atoms with Gasteiger partial charge >= 0.3 is 0 Å². The van der Waals surface area contributed by atoms with E-state index in [1.165, 1.54) is 0 Å². The van der Waals surface area contributed by atoms with Crippen LogP contribution in [0.5, 0.6) is 0 Å². The second-order valence-corrected chi connectivity index (χ2v) is 27.9. The number of hydrogen-bond acceptors (Lipinski definition) is 7. The Labute approximate surface area is 628 Å². The van der Waals surface area contributed by atoms with Gasteiger partial charge in [0.2, 0.25) is 0 Å². The SMILES string of the molecule is c1ccc(N(c2ccc(-c3ccc(N(c4ccc(-c5ccc6oc7ccccc7c6c5)cc4)c4ccc(-c5cccc6c5oc5ccccc56)cc4)cc3)cc2)c2ccc(-c3ccc(N(c4ccc(-c5ccc6oc7ccccc7c6c5)cc4)c4ccc(-c5cccc6c5oc5ccccc56)cc4)cc3)cc2)cc1. The lowest BCUT2D eigenvalue weighted by atomic mass is 10.0. The zero-order valence-electron chi connectivity index (χ0n) is 59.0. The Morgan fingerprint density at radius 1 is 0.138 bits per heavy atom.